The molecule has 0 aliphatic carbocycles. The predicted molar refractivity (Wildman–Crippen MR) is 126 cm³/mol. The zero-order valence-electron chi connectivity index (χ0n) is 20.0. The summed E-state index contributed by atoms with van der Waals surface area (Å²) in [6.07, 6.45) is 2.45. The third-order valence-electron chi connectivity index (χ3n) is 4.81. The topological polar surface area (TPSA) is 153 Å². The highest BCUT2D eigenvalue weighted by molar-refractivity contribution is 5.78. The Hall–Kier alpha value is -4.03. The lowest BCUT2D eigenvalue weighted by Gasteiger charge is -2.14. The minimum atomic E-state index is -3.05. The van der Waals surface area contributed by atoms with Crippen LogP contribution in [0.3, 0.4) is 0 Å². The van der Waals surface area contributed by atoms with Gasteiger partial charge in [-0.3, -0.25) is 0 Å². The van der Waals surface area contributed by atoms with Gasteiger partial charge in [-0.25, -0.2) is 24.7 Å². The average molecular weight is 491 g/mol. The Morgan fingerprint density at radius 1 is 1.26 bits per heavy atom. The maximum Gasteiger partial charge on any atom is 0.407 e. The van der Waals surface area contributed by atoms with E-state index in [1.54, 1.807) is 19.2 Å². The molecule has 35 heavy (non-hydrogen) atoms. The molecule has 13 heteroatoms. The normalized spacial score (nSPS) is 12.3. The Kier molecular flexibility index (Phi) is 7.67. The molecule has 0 aliphatic heterocycles. The van der Waals surface area contributed by atoms with E-state index in [1.807, 2.05) is 20.8 Å². The molecule has 3 rings (SSSR count). The Morgan fingerprint density at radius 3 is 2.66 bits per heavy atom. The third kappa shape index (κ3) is 6.52. The number of carbonyl (C=O) groups excluding carboxylic acids is 1. The first kappa shape index (κ1) is 25.6. The van der Waals surface area contributed by atoms with Crippen LogP contribution in [0, 0.1) is 0 Å². The lowest BCUT2D eigenvalue weighted by Crippen LogP contribution is -2.37. The van der Waals surface area contributed by atoms with Gasteiger partial charge in [0.1, 0.15) is 5.82 Å². The summed E-state index contributed by atoms with van der Waals surface area (Å²) in [5.74, 6) is 0.557. The Labute approximate surface area is 200 Å². The van der Waals surface area contributed by atoms with E-state index in [2.05, 4.69) is 40.0 Å². The van der Waals surface area contributed by atoms with Crippen LogP contribution in [-0.2, 0) is 10.2 Å². The molecule has 0 fully saturated rings. The highest BCUT2D eigenvalue weighted by Crippen LogP contribution is 2.35. The quantitative estimate of drug-likeness (QED) is 0.371. The van der Waals surface area contributed by atoms with E-state index in [-0.39, 0.29) is 23.0 Å². The summed E-state index contributed by atoms with van der Waals surface area (Å²) in [6.45, 7) is 5.03. The molecule has 1 amide bonds. The molecule has 1 unspecified atom stereocenters. The predicted octanol–water partition coefficient (Wildman–Crippen LogP) is 3.57. The molecule has 3 aromatic heterocycles. The van der Waals surface area contributed by atoms with E-state index in [4.69, 9.17) is 10.7 Å². The zero-order chi connectivity index (χ0) is 25.8. The van der Waals surface area contributed by atoms with Gasteiger partial charge in [0.15, 0.2) is 11.6 Å². The SMILES string of the molecule is COC(=O)NC(C)CNc1nccc(-c2[nH]c(C(C)(C)C)nc2-c2cnc(N)c(OC(F)F)c2)n1. The summed E-state index contributed by atoms with van der Waals surface area (Å²) < 4.78 is 34.7. The van der Waals surface area contributed by atoms with Crippen molar-refractivity contribution in [1.82, 2.24) is 30.2 Å². The van der Waals surface area contributed by atoms with Gasteiger partial charge in [-0.15, -0.1) is 0 Å². The number of methoxy groups -OCH3 is 1. The van der Waals surface area contributed by atoms with Crippen molar-refractivity contribution in [1.29, 1.82) is 0 Å². The van der Waals surface area contributed by atoms with E-state index < -0.39 is 12.7 Å². The van der Waals surface area contributed by atoms with Gasteiger partial charge in [0.2, 0.25) is 5.95 Å². The van der Waals surface area contributed by atoms with E-state index in [9.17, 15) is 13.6 Å². The minimum Gasteiger partial charge on any atom is -0.453 e. The number of alkyl halides is 2. The number of nitrogens with zero attached hydrogens (tertiary/aromatic N) is 4. The molecule has 5 N–H and O–H groups in total. The molecule has 0 aromatic carbocycles. The number of imidazole rings is 1. The number of nitrogen functional groups attached to an aromatic ring is 1. The summed E-state index contributed by atoms with van der Waals surface area (Å²) in [6, 6.07) is 2.80. The number of hydrogen-bond acceptors (Lipinski definition) is 9. The van der Waals surface area contributed by atoms with E-state index >= 15 is 0 Å². The van der Waals surface area contributed by atoms with E-state index in [0.29, 0.717) is 41.0 Å². The molecule has 0 bridgehead atoms. The molecule has 0 spiro atoms. The van der Waals surface area contributed by atoms with Gasteiger partial charge in [0.25, 0.3) is 0 Å². The number of aromatic nitrogens is 5. The number of pyridine rings is 1. The summed E-state index contributed by atoms with van der Waals surface area (Å²) >= 11 is 0. The fourth-order valence-electron chi connectivity index (χ4n) is 3.04. The number of rotatable bonds is 8. The highest BCUT2D eigenvalue weighted by atomic mass is 19.3. The van der Waals surface area contributed by atoms with Crippen LogP contribution >= 0.6 is 0 Å². The molecule has 3 aromatic rings. The van der Waals surface area contributed by atoms with Crippen LogP contribution in [-0.4, -0.2) is 57.3 Å². The monoisotopic (exact) mass is 490 g/mol. The lowest BCUT2D eigenvalue weighted by atomic mass is 9.96. The van der Waals surface area contributed by atoms with Gasteiger partial charge in [0.05, 0.1) is 24.2 Å². The second-order valence-electron chi connectivity index (χ2n) is 8.73. The molecule has 0 radical (unpaired) electrons. The molecule has 11 nitrogen and oxygen atoms in total. The first-order chi connectivity index (χ1) is 16.5. The van der Waals surface area contributed by atoms with Crippen molar-refractivity contribution in [2.24, 2.45) is 0 Å². The molecular weight excluding hydrogens is 462 g/mol. The molecule has 188 valence electrons. The Bertz CT molecular complexity index is 1180. The van der Waals surface area contributed by atoms with Crippen LogP contribution in [0.2, 0.25) is 0 Å². The average Bonchev–Trinajstić information content (AvgIpc) is 3.25. The van der Waals surface area contributed by atoms with Gasteiger partial charge >= 0.3 is 12.7 Å². The number of halogens is 2. The van der Waals surface area contributed by atoms with Gasteiger partial charge < -0.3 is 30.8 Å². The second-order valence-corrected chi connectivity index (χ2v) is 8.73. The summed E-state index contributed by atoms with van der Waals surface area (Å²) in [7, 11) is 1.29. The van der Waals surface area contributed by atoms with Gasteiger partial charge in [-0.2, -0.15) is 8.78 Å². The van der Waals surface area contributed by atoms with Crippen molar-refractivity contribution in [3.63, 3.8) is 0 Å². The first-order valence-electron chi connectivity index (χ1n) is 10.7. The van der Waals surface area contributed by atoms with Gasteiger partial charge in [0, 0.05) is 36.0 Å². The number of alkyl carbamates (subject to hydrolysis) is 1. The van der Waals surface area contributed by atoms with Gasteiger partial charge in [-0.05, 0) is 19.1 Å². The largest absolute Gasteiger partial charge is 0.453 e. The standard InChI is InChI=1S/C22H28F2N8O3/c1-11(29-21(33)34-5)9-28-20-26-7-6-13(30-20)16-15(31-18(32-16)22(2,3)4)12-8-14(35-19(23)24)17(25)27-10-12/h6-8,10-11,19H,9H2,1-5H3,(H2,25,27)(H,29,33)(H,31,32)(H,26,28,30). The Morgan fingerprint density at radius 2 is 2.00 bits per heavy atom. The number of hydrogen-bond donors (Lipinski definition) is 4. The van der Waals surface area contributed by atoms with Gasteiger partial charge in [-0.1, -0.05) is 20.8 Å². The first-order valence-corrected chi connectivity index (χ1v) is 10.7. The van der Waals surface area contributed by atoms with Crippen molar-refractivity contribution >= 4 is 17.9 Å². The Balaban J connectivity index is 1.98. The smallest absolute Gasteiger partial charge is 0.407 e. The van der Waals surface area contributed by atoms with Crippen molar-refractivity contribution in [3.8, 4) is 28.4 Å². The van der Waals surface area contributed by atoms with Crippen molar-refractivity contribution < 1.29 is 23.0 Å². The minimum absolute atomic E-state index is 0.162. The number of ether oxygens (including phenoxy) is 2. The second kappa shape index (κ2) is 10.5. The summed E-state index contributed by atoms with van der Waals surface area (Å²) in [5.41, 5.74) is 7.24. The highest BCUT2D eigenvalue weighted by Gasteiger charge is 2.24. The molecule has 3 heterocycles. The number of nitrogens with two attached hydrogens (primary N) is 1. The maximum absolute atomic E-state index is 12.8. The summed E-state index contributed by atoms with van der Waals surface area (Å²) in [5, 5.41) is 5.70. The molecule has 0 aliphatic rings. The molecule has 1 atom stereocenters. The number of nitrogens with one attached hydrogen (secondary N) is 3. The van der Waals surface area contributed by atoms with Crippen LogP contribution < -0.4 is 21.1 Å². The number of amides is 1. The number of aromatic amines is 1. The fraction of sp³-hybridized carbons (Fsp3) is 0.409. The van der Waals surface area contributed by atoms with Crippen LogP contribution in [0.1, 0.15) is 33.5 Å². The van der Waals surface area contributed by atoms with Crippen LogP contribution in [0.5, 0.6) is 5.75 Å². The number of anilines is 2. The third-order valence-corrected chi connectivity index (χ3v) is 4.81. The lowest BCUT2D eigenvalue weighted by molar-refractivity contribution is -0.0494. The summed E-state index contributed by atoms with van der Waals surface area (Å²) in [4.78, 5) is 32.1. The van der Waals surface area contributed by atoms with Crippen LogP contribution in [0.25, 0.3) is 22.6 Å². The van der Waals surface area contributed by atoms with E-state index in [0.717, 1.165) is 0 Å². The zero-order valence-corrected chi connectivity index (χ0v) is 20.0. The molecule has 0 saturated carbocycles. The van der Waals surface area contributed by atoms with Crippen LogP contribution in [0.15, 0.2) is 24.5 Å². The van der Waals surface area contributed by atoms with Crippen LogP contribution in [0.4, 0.5) is 25.3 Å². The number of H-pyrrole nitrogens is 1. The molecular formula is C22H28F2N8O3. The number of carbonyl (C=O) groups is 1. The van der Waals surface area contributed by atoms with Crippen molar-refractivity contribution in [2.45, 2.75) is 45.8 Å². The molecule has 0 saturated heterocycles. The fourth-order valence-corrected chi connectivity index (χ4v) is 3.04. The van der Waals surface area contributed by atoms with Crippen molar-refractivity contribution in [3.05, 3.63) is 30.4 Å². The maximum atomic E-state index is 12.8. The van der Waals surface area contributed by atoms with E-state index in [1.165, 1.54) is 19.4 Å². The van der Waals surface area contributed by atoms with Crippen molar-refractivity contribution in [2.75, 3.05) is 24.7 Å².